The zero-order valence-corrected chi connectivity index (χ0v) is 17.1. The lowest BCUT2D eigenvalue weighted by Gasteiger charge is -2.22. The first-order valence-corrected chi connectivity index (χ1v) is 10.1. The number of benzene rings is 1. The first-order valence-electron chi connectivity index (χ1n) is 10.1. The molecule has 0 saturated heterocycles. The van der Waals surface area contributed by atoms with Gasteiger partial charge in [-0.3, -0.25) is 19.3 Å². The minimum absolute atomic E-state index is 0.0928. The number of carbonyl (C=O) groups excluding carboxylic acids is 3. The van der Waals surface area contributed by atoms with Crippen LogP contribution >= 0.6 is 0 Å². The van der Waals surface area contributed by atoms with Gasteiger partial charge in [0.25, 0.3) is 11.8 Å². The van der Waals surface area contributed by atoms with Crippen LogP contribution in [0.3, 0.4) is 0 Å². The Kier molecular flexibility index (Phi) is 8.19. The van der Waals surface area contributed by atoms with Gasteiger partial charge >= 0.3 is 0 Å². The van der Waals surface area contributed by atoms with Gasteiger partial charge in [0.15, 0.2) is 5.78 Å². The minimum atomic E-state index is -0.937. The second kappa shape index (κ2) is 10.6. The molecule has 0 aliphatic carbocycles. The fraction of sp³-hybridized carbons (Fsp3) is 0.435. The van der Waals surface area contributed by atoms with Crippen LogP contribution in [0.5, 0.6) is 5.75 Å². The number of aliphatic hydroxyl groups excluding tert-OH is 1. The normalized spacial score (nSPS) is 16.8. The number of amides is 2. The number of phenols is 1. The predicted octanol–water partition coefficient (Wildman–Crippen LogP) is 3.99. The molecule has 6 heteroatoms. The monoisotopic (exact) mass is 399 g/mol. The van der Waals surface area contributed by atoms with Crippen LogP contribution < -0.4 is 0 Å². The molecule has 1 aliphatic heterocycles. The molecule has 0 aromatic heterocycles. The van der Waals surface area contributed by atoms with Gasteiger partial charge in [-0.1, -0.05) is 50.8 Å². The Morgan fingerprint density at radius 3 is 2.34 bits per heavy atom. The van der Waals surface area contributed by atoms with E-state index in [0.29, 0.717) is 0 Å². The summed E-state index contributed by atoms with van der Waals surface area (Å²) in [5.41, 5.74) is 0.379. The van der Waals surface area contributed by atoms with Gasteiger partial charge in [-0.15, -0.1) is 0 Å². The van der Waals surface area contributed by atoms with Crippen molar-refractivity contribution < 1.29 is 24.6 Å². The maximum absolute atomic E-state index is 12.7. The molecule has 0 fully saturated rings. The average molecular weight is 399 g/mol. The van der Waals surface area contributed by atoms with E-state index in [1.54, 1.807) is 18.2 Å². The molecule has 156 valence electrons. The van der Waals surface area contributed by atoms with Crippen molar-refractivity contribution in [2.75, 3.05) is 0 Å². The topological polar surface area (TPSA) is 94.9 Å². The van der Waals surface area contributed by atoms with E-state index < -0.39 is 23.6 Å². The van der Waals surface area contributed by atoms with Gasteiger partial charge in [-0.2, -0.15) is 0 Å². The van der Waals surface area contributed by atoms with Crippen molar-refractivity contribution in [2.45, 2.75) is 64.8 Å². The Morgan fingerprint density at radius 2 is 1.72 bits per heavy atom. The zero-order valence-electron chi connectivity index (χ0n) is 17.1. The summed E-state index contributed by atoms with van der Waals surface area (Å²) in [6.07, 6.45) is 9.57. The van der Waals surface area contributed by atoms with Gasteiger partial charge in [0.1, 0.15) is 23.1 Å². The lowest BCUT2D eigenvalue weighted by atomic mass is 10.0. The summed E-state index contributed by atoms with van der Waals surface area (Å²) in [6.45, 7) is 3.35. The number of allylic oxidation sites excluding steroid dienone is 1. The van der Waals surface area contributed by atoms with E-state index in [2.05, 4.69) is 6.92 Å². The van der Waals surface area contributed by atoms with Crippen molar-refractivity contribution in [1.82, 2.24) is 4.90 Å². The van der Waals surface area contributed by atoms with Crippen LogP contribution in [0.2, 0.25) is 0 Å². The highest BCUT2D eigenvalue weighted by Gasteiger charge is 2.44. The van der Waals surface area contributed by atoms with Crippen molar-refractivity contribution in [3.05, 3.63) is 53.3 Å². The number of aliphatic hydroxyl groups is 1. The fourth-order valence-electron chi connectivity index (χ4n) is 3.42. The van der Waals surface area contributed by atoms with E-state index in [1.165, 1.54) is 38.0 Å². The molecule has 1 aliphatic rings. The van der Waals surface area contributed by atoms with Gasteiger partial charge < -0.3 is 10.2 Å². The van der Waals surface area contributed by atoms with Crippen LogP contribution in [0.25, 0.3) is 0 Å². The number of ketones is 1. The summed E-state index contributed by atoms with van der Waals surface area (Å²) in [7, 11) is 0. The second-order valence-electron chi connectivity index (χ2n) is 7.32. The molecule has 6 nitrogen and oxygen atoms in total. The van der Waals surface area contributed by atoms with Gasteiger partial charge in [-0.25, -0.2) is 0 Å². The summed E-state index contributed by atoms with van der Waals surface area (Å²) < 4.78 is 0. The number of hydrogen-bond donors (Lipinski definition) is 2. The molecule has 2 rings (SSSR count). The molecule has 1 atom stereocenters. The van der Waals surface area contributed by atoms with Gasteiger partial charge in [0.2, 0.25) is 0 Å². The smallest absolute Gasteiger partial charge is 0.268 e. The predicted molar refractivity (Wildman–Crippen MR) is 110 cm³/mol. The number of rotatable bonds is 10. The van der Waals surface area contributed by atoms with Gasteiger partial charge in [0.05, 0.1) is 0 Å². The van der Waals surface area contributed by atoms with E-state index in [1.807, 2.05) is 0 Å². The van der Waals surface area contributed by atoms with Crippen LogP contribution in [0.1, 0.15) is 57.9 Å². The molecule has 2 amide bonds. The number of imide groups is 1. The molecule has 0 spiro atoms. The minimum Gasteiger partial charge on any atom is -0.509 e. The third kappa shape index (κ3) is 5.79. The van der Waals surface area contributed by atoms with Crippen LogP contribution in [-0.2, 0) is 20.8 Å². The van der Waals surface area contributed by atoms with E-state index in [4.69, 9.17) is 0 Å². The Hall–Kier alpha value is -2.89. The van der Waals surface area contributed by atoms with Crippen molar-refractivity contribution in [3.8, 4) is 5.75 Å². The SMILES string of the molecule is CCCCCCC/C=C/C(=O)N1C(=O)C(C(C)=O)=C(O)C1Cc1ccc(O)cc1. The van der Waals surface area contributed by atoms with E-state index >= 15 is 0 Å². The van der Waals surface area contributed by atoms with Gasteiger partial charge in [0, 0.05) is 6.42 Å². The number of Topliss-reactive ketones (excluding diaryl/α,β-unsaturated/α-hetero) is 1. The maximum atomic E-state index is 12.7. The molecule has 1 aromatic rings. The Balaban J connectivity index is 2.12. The number of aromatic hydroxyl groups is 1. The lowest BCUT2D eigenvalue weighted by molar-refractivity contribution is -0.140. The maximum Gasteiger partial charge on any atom is 0.268 e. The highest BCUT2D eigenvalue weighted by Crippen LogP contribution is 2.28. The highest BCUT2D eigenvalue weighted by molar-refractivity contribution is 6.24. The van der Waals surface area contributed by atoms with Crippen LogP contribution in [-0.4, -0.2) is 38.8 Å². The third-order valence-corrected chi connectivity index (χ3v) is 5.01. The number of unbranched alkanes of at least 4 members (excludes halogenated alkanes) is 5. The Labute approximate surface area is 171 Å². The van der Waals surface area contributed by atoms with Crippen molar-refractivity contribution in [2.24, 2.45) is 0 Å². The third-order valence-electron chi connectivity index (χ3n) is 5.01. The number of phenolic OH excluding ortho intramolecular Hbond substituents is 1. The largest absolute Gasteiger partial charge is 0.509 e. The van der Waals surface area contributed by atoms with E-state index in [9.17, 15) is 24.6 Å². The standard InChI is InChI=1S/C23H29NO5/c1-3-4-5-6-7-8-9-10-20(27)24-19(15-17-11-13-18(26)14-12-17)22(28)21(16(2)25)23(24)29/h9-14,19,26,28H,3-8,15H2,1-2H3/b10-9+. The molecule has 0 radical (unpaired) electrons. The van der Waals surface area contributed by atoms with Gasteiger partial charge in [-0.05, 0) is 43.5 Å². The molecule has 2 N–H and O–H groups in total. The Bertz CT molecular complexity index is 807. The summed E-state index contributed by atoms with van der Waals surface area (Å²) >= 11 is 0. The van der Waals surface area contributed by atoms with Crippen molar-refractivity contribution in [3.63, 3.8) is 0 Å². The number of hydrogen-bond acceptors (Lipinski definition) is 5. The lowest BCUT2D eigenvalue weighted by Crippen LogP contribution is -2.41. The van der Waals surface area contributed by atoms with Crippen molar-refractivity contribution >= 4 is 17.6 Å². The number of nitrogens with zero attached hydrogens (tertiary/aromatic N) is 1. The summed E-state index contributed by atoms with van der Waals surface area (Å²) in [5, 5.41) is 19.9. The molecule has 0 saturated carbocycles. The fourth-order valence-corrected chi connectivity index (χ4v) is 3.42. The summed E-state index contributed by atoms with van der Waals surface area (Å²) in [5.74, 6) is -2.17. The zero-order chi connectivity index (χ0) is 21.4. The first-order chi connectivity index (χ1) is 13.9. The summed E-state index contributed by atoms with van der Waals surface area (Å²) in [6, 6.07) is 5.33. The molecule has 0 bridgehead atoms. The molecule has 29 heavy (non-hydrogen) atoms. The molecule has 1 aromatic carbocycles. The average Bonchev–Trinajstić information content (AvgIpc) is 2.92. The van der Waals surface area contributed by atoms with Crippen LogP contribution in [0, 0.1) is 0 Å². The highest BCUT2D eigenvalue weighted by atomic mass is 16.3. The molecular formula is C23H29NO5. The van der Waals surface area contributed by atoms with E-state index in [0.717, 1.165) is 36.1 Å². The van der Waals surface area contributed by atoms with Crippen LogP contribution in [0.4, 0.5) is 0 Å². The van der Waals surface area contributed by atoms with Crippen molar-refractivity contribution in [1.29, 1.82) is 0 Å². The Morgan fingerprint density at radius 1 is 1.07 bits per heavy atom. The molecule has 1 unspecified atom stereocenters. The van der Waals surface area contributed by atoms with Crippen LogP contribution in [0.15, 0.2) is 47.7 Å². The van der Waals surface area contributed by atoms with E-state index in [-0.39, 0.29) is 23.5 Å². The molecular weight excluding hydrogens is 370 g/mol. The first kappa shape index (κ1) is 22.4. The quantitative estimate of drug-likeness (QED) is 0.352. The summed E-state index contributed by atoms with van der Waals surface area (Å²) in [4.78, 5) is 38.1. The second-order valence-corrected chi connectivity index (χ2v) is 7.32. The molecule has 1 heterocycles. The number of carbonyl (C=O) groups is 3.